The molecule has 0 spiro atoms. The molecule has 4 heteroatoms. The number of carbonyl (C=O) groups excluding carboxylic acids is 1. The molecule has 0 aliphatic rings. The quantitative estimate of drug-likeness (QED) is 0.524. The van der Waals surface area contributed by atoms with Crippen molar-refractivity contribution >= 4 is 5.91 Å². The largest absolute Gasteiger partial charge is 0.392 e. The number of hydrogen-bond donors (Lipinski definition) is 3. The average molecular weight is 174 g/mol. The summed E-state index contributed by atoms with van der Waals surface area (Å²) in [7, 11) is 0. The molecule has 0 heterocycles. The van der Waals surface area contributed by atoms with Gasteiger partial charge in [-0.2, -0.15) is 0 Å². The third-order valence-corrected chi connectivity index (χ3v) is 1.67. The molecule has 0 fully saturated rings. The van der Waals surface area contributed by atoms with Crippen LogP contribution in [0.3, 0.4) is 0 Å². The Balaban J connectivity index is 3.69. The first-order valence-electron chi connectivity index (χ1n) is 4.05. The van der Waals surface area contributed by atoms with Crippen molar-refractivity contribution < 1.29 is 9.90 Å². The summed E-state index contributed by atoms with van der Waals surface area (Å²) < 4.78 is 0. The van der Waals surface area contributed by atoms with Gasteiger partial charge in [-0.3, -0.25) is 4.79 Å². The average Bonchev–Trinajstić information content (AvgIpc) is 1.85. The van der Waals surface area contributed by atoms with E-state index < -0.39 is 11.5 Å². The van der Waals surface area contributed by atoms with Crippen molar-refractivity contribution in [1.29, 1.82) is 0 Å². The van der Waals surface area contributed by atoms with Gasteiger partial charge in [-0.15, -0.1) is 0 Å². The highest BCUT2D eigenvalue weighted by atomic mass is 16.3. The van der Waals surface area contributed by atoms with Crippen LogP contribution in [0.15, 0.2) is 0 Å². The second-order valence-electron chi connectivity index (χ2n) is 3.73. The summed E-state index contributed by atoms with van der Waals surface area (Å²) in [5.41, 5.74) is 4.60. The van der Waals surface area contributed by atoms with Crippen molar-refractivity contribution in [1.82, 2.24) is 5.32 Å². The maximum atomic E-state index is 10.8. The predicted octanol–water partition coefficient (Wildman–Crippen LogP) is -0.532. The SMILES string of the molecule is C[C@H](O)CNCC(C)(C)C(N)=O. The number of nitrogens with two attached hydrogens (primary N) is 1. The molecule has 4 N–H and O–H groups in total. The summed E-state index contributed by atoms with van der Waals surface area (Å²) in [5, 5.41) is 11.9. The summed E-state index contributed by atoms with van der Waals surface area (Å²) in [6.45, 7) is 6.20. The van der Waals surface area contributed by atoms with Crippen LogP contribution in [0, 0.1) is 5.41 Å². The molecule has 0 saturated carbocycles. The van der Waals surface area contributed by atoms with Gasteiger partial charge in [-0.1, -0.05) is 0 Å². The Morgan fingerprint density at radius 2 is 2.17 bits per heavy atom. The second kappa shape index (κ2) is 4.42. The van der Waals surface area contributed by atoms with Crippen LogP contribution in [0.4, 0.5) is 0 Å². The number of rotatable bonds is 5. The Kier molecular flexibility index (Phi) is 4.20. The standard InChI is InChI=1S/C8H18N2O2/c1-6(11)4-10-5-8(2,3)7(9)12/h6,10-11H,4-5H2,1-3H3,(H2,9,12)/t6-/m0/s1. The van der Waals surface area contributed by atoms with Gasteiger partial charge in [0.25, 0.3) is 0 Å². The Morgan fingerprint density at radius 1 is 1.67 bits per heavy atom. The van der Waals surface area contributed by atoms with Crippen LogP contribution in [0.1, 0.15) is 20.8 Å². The summed E-state index contributed by atoms with van der Waals surface area (Å²) in [6.07, 6.45) is -0.395. The zero-order valence-electron chi connectivity index (χ0n) is 7.92. The van der Waals surface area contributed by atoms with Crippen molar-refractivity contribution in [3.63, 3.8) is 0 Å². The molecule has 0 aromatic heterocycles. The first-order chi connectivity index (χ1) is 5.36. The normalized spacial score (nSPS) is 14.3. The van der Waals surface area contributed by atoms with Crippen LogP contribution in [0.5, 0.6) is 0 Å². The molecule has 0 aromatic carbocycles. The van der Waals surface area contributed by atoms with Gasteiger partial charge in [-0.05, 0) is 20.8 Å². The van der Waals surface area contributed by atoms with Crippen LogP contribution in [0.25, 0.3) is 0 Å². The van der Waals surface area contributed by atoms with E-state index in [-0.39, 0.29) is 5.91 Å². The van der Waals surface area contributed by atoms with E-state index in [1.807, 2.05) is 0 Å². The first kappa shape index (κ1) is 11.4. The molecule has 0 unspecified atom stereocenters. The molecule has 1 amide bonds. The van der Waals surface area contributed by atoms with Gasteiger partial charge in [0.15, 0.2) is 0 Å². The van der Waals surface area contributed by atoms with E-state index in [0.29, 0.717) is 13.1 Å². The molecule has 0 aromatic rings. The molecule has 0 rings (SSSR count). The molecule has 0 aliphatic carbocycles. The lowest BCUT2D eigenvalue weighted by Gasteiger charge is -2.21. The third kappa shape index (κ3) is 4.31. The van der Waals surface area contributed by atoms with Crippen LogP contribution in [-0.4, -0.2) is 30.2 Å². The van der Waals surface area contributed by atoms with Gasteiger partial charge in [0.2, 0.25) is 5.91 Å². The minimum Gasteiger partial charge on any atom is -0.392 e. The molecule has 0 aliphatic heterocycles. The van der Waals surface area contributed by atoms with E-state index in [4.69, 9.17) is 10.8 Å². The minimum absolute atomic E-state index is 0.333. The van der Waals surface area contributed by atoms with Gasteiger partial charge >= 0.3 is 0 Å². The highest BCUT2D eigenvalue weighted by molar-refractivity contribution is 5.80. The molecule has 72 valence electrons. The lowest BCUT2D eigenvalue weighted by atomic mass is 9.93. The van der Waals surface area contributed by atoms with Gasteiger partial charge in [-0.25, -0.2) is 0 Å². The van der Waals surface area contributed by atoms with E-state index in [2.05, 4.69) is 5.32 Å². The maximum Gasteiger partial charge on any atom is 0.224 e. The fourth-order valence-corrected chi connectivity index (χ4v) is 0.681. The monoisotopic (exact) mass is 174 g/mol. The lowest BCUT2D eigenvalue weighted by molar-refractivity contribution is -0.125. The molecular formula is C8H18N2O2. The summed E-state index contributed by atoms with van der Waals surface area (Å²) in [4.78, 5) is 10.8. The zero-order chi connectivity index (χ0) is 9.78. The second-order valence-corrected chi connectivity index (χ2v) is 3.73. The summed E-state index contributed by atoms with van der Waals surface area (Å²) in [6, 6.07) is 0. The molecule has 0 radical (unpaired) electrons. The third-order valence-electron chi connectivity index (χ3n) is 1.67. The summed E-state index contributed by atoms with van der Waals surface area (Å²) in [5.74, 6) is -0.333. The Hall–Kier alpha value is -0.610. The topological polar surface area (TPSA) is 75.3 Å². The lowest BCUT2D eigenvalue weighted by Crippen LogP contribution is -2.42. The maximum absolute atomic E-state index is 10.8. The Bertz CT molecular complexity index is 155. The fourth-order valence-electron chi connectivity index (χ4n) is 0.681. The smallest absolute Gasteiger partial charge is 0.224 e. The number of aliphatic hydroxyl groups is 1. The van der Waals surface area contributed by atoms with Gasteiger partial charge in [0.05, 0.1) is 11.5 Å². The van der Waals surface area contributed by atoms with Gasteiger partial charge in [0, 0.05) is 13.1 Å². The van der Waals surface area contributed by atoms with Crippen LogP contribution < -0.4 is 11.1 Å². The number of aliphatic hydroxyl groups excluding tert-OH is 1. The van der Waals surface area contributed by atoms with Crippen LogP contribution in [-0.2, 0) is 4.79 Å². The van der Waals surface area contributed by atoms with E-state index >= 15 is 0 Å². The molecule has 1 atom stereocenters. The van der Waals surface area contributed by atoms with Gasteiger partial charge < -0.3 is 16.2 Å². The van der Waals surface area contributed by atoms with E-state index in [1.165, 1.54) is 0 Å². The van der Waals surface area contributed by atoms with E-state index in [1.54, 1.807) is 20.8 Å². The van der Waals surface area contributed by atoms with E-state index in [9.17, 15) is 4.79 Å². The van der Waals surface area contributed by atoms with Crippen molar-refractivity contribution in [2.24, 2.45) is 11.1 Å². The predicted molar refractivity (Wildman–Crippen MR) is 47.5 cm³/mol. The highest BCUT2D eigenvalue weighted by Crippen LogP contribution is 2.11. The highest BCUT2D eigenvalue weighted by Gasteiger charge is 2.23. The number of primary amides is 1. The number of carbonyl (C=O) groups is 1. The minimum atomic E-state index is -0.547. The van der Waals surface area contributed by atoms with Crippen LogP contribution >= 0.6 is 0 Å². The molecular weight excluding hydrogens is 156 g/mol. The Labute approximate surface area is 73.1 Å². The first-order valence-corrected chi connectivity index (χ1v) is 4.05. The number of hydrogen-bond acceptors (Lipinski definition) is 3. The summed E-state index contributed by atoms with van der Waals surface area (Å²) >= 11 is 0. The van der Waals surface area contributed by atoms with Crippen molar-refractivity contribution in [2.45, 2.75) is 26.9 Å². The van der Waals surface area contributed by atoms with Crippen molar-refractivity contribution in [3.8, 4) is 0 Å². The molecule has 12 heavy (non-hydrogen) atoms. The van der Waals surface area contributed by atoms with Crippen molar-refractivity contribution in [3.05, 3.63) is 0 Å². The fraction of sp³-hybridized carbons (Fsp3) is 0.875. The van der Waals surface area contributed by atoms with Crippen LogP contribution in [0.2, 0.25) is 0 Å². The van der Waals surface area contributed by atoms with Gasteiger partial charge in [0.1, 0.15) is 0 Å². The zero-order valence-corrected chi connectivity index (χ0v) is 7.92. The molecule has 0 saturated heterocycles. The Morgan fingerprint density at radius 3 is 2.50 bits per heavy atom. The number of amides is 1. The van der Waals surface area contributed by atoms with E-state index in [0.717, 1.165) is 0 Å². The molecule has 4 nitrogen and oxygen atoms in total. The van der Waals surface area contributed by atoms with Crippen molar-refractivity contribution in [2.75, 3.05) is 13.1 Å². The number of nitrogens with one attached hydrogen (secondary N) is 1. The molecule has 0 bridgehead atoms.